The third-order valence-electron chi connectivity index (χ3n) is 2.63. The summed E-state index contributed by atoms with van der Waals surface area (Å²) in [4.78, 5) is 24.3. The van der Waals surface area contributed by atoms with Gasteiger partial charge in [0.2, 0.25) is 0 Å². The van der Waals surface area contributed by atoms with Gasteiger partial charge < -0.3 is 5.11 Å². The summed E-state index contributed by atoms with van der Waals surface area (Å²) in [5, 5.41) is 9.43. The number of carbonyl (C=O) groups excluding carboxylic acids is 2. The average Bonchev–Trinajstić information content (AvgIpc) is 2.61. The molecule has 0 bridgehead atoms. The first kappa shape index (κ1) is 11.4. The Labute approximate surface area is 99.2 Å². The topological polar surface area (TPSA) is 57.6 Å². The van der Waals surface area contributed by atoms with Crippen LogP contribution in [0, 0.1) is 0 Å². The SMILES string of the molecule is CCCc1cc(O)ccc1N1C(=O)C=CC1=O. The number of aromatic hydroxyl groups is 1. The van der Waals surface area contributed by atoms with Crippen molar-refractivity contribution in [2.24, 2.45) is 0 Å². The first-order chi connectivity index (χ1) is 8.13. The van der Waals surface area contributed by atoms with Crippen LogP contribution in [-0.2, 0) is 16.0 Å². The van der Waals surface area contributed by atoms with Crippen molar-refractivity contribution in [3.8, 4) is 5.75 Å². The molecule has 0 radical (unpaired) electrons. The lowest BCUT2D eigenvalue weighted by molar-refractivity contribution is -0.120. The van der Waals surface area contributed by atoms with E-state index in [1.54, 1.807) is 12.1 Å². The van der Waals surface area contributed by atoms with Crippen LogP contribution in [0.1, 0.15) is 18.9 Å². The van der Waals surface area contributed by atoms with E-state index < -0.39 is 0 Å². The molecule has 1 aromatic carbocycles. The highest BCUT2D eigenvalue weighted by atomic mass is 16.3. The molecule has 1 heterocycles. The third-order valence-corrected chi connectivity index (χ3v) is 2.63. The van der Waals surface area contributed by atoms with Crippen molar-refractivity contribution in [3.05, 3.63) is 35.9 Å². The van der Waals surface area contributed by atoms with E-state index in [0.717, 1.165) is 16.9 Å². The van der Waals surface area contributed by atoms with Gasteiger partial charge in [0.15, 0.2) is 0 Å². The minimum atomic E-state index is -0.335. The zero-order chi connectivity index (χ0) is 12.4. The predicted octanol–water partition coefficient (Wildman–Crippen LogP) is 1.77. The summed E-state index contributed by atoms with van der Waals surface area (Å²) in [6.45, 7) is 2.00. The Hall–Kier alpha value is -2.10. The molecular weight excluding hydrogens is 218 g/mol. The van der Waals surface area contributed by atoms with Crippen molar-refractivity contribution < 1.29 is 14.7 Å². The van der Waals surface area contributed by atoms with Crippen LogP contribution in [0.5, 0.6) is 5.75 Å². The second-order valence-corrected chi connectivity index (χ2v) is 3.91. The lowest BCUT2D eigenvalue weighted by Gasteiger charge is -2.18. The van der Waals surface area contributed by atoms with Crippen molar-refractivity contribution in [3.63, 3.8) is 0 Å². The molecule has 88 valence electrons. The number of hydrogen-bond acceptors (Lipinski definition) is 3. The van der Waals surface area contributed by atoms with E-state index in [1.165, 1.54) is 18.2 Å². The van der Waals surface area contributed by atoms with Crippen LogP contribution >= 0.6 is 0 Å². The number of benzene rings is 1. The van der Waals surface area contributed by atoms with Crippen molar-refractivity contribution in [2.75, 3.05) is 4.90 Å². The minimum absolute atomic E-state index is 0.143. The molecule has 4 nitrogen and oxygen atoms in total. The van der Waals surface area contributed by atoms with Gasteiger partial charge in [-0.25, -0.2) is 4.90 Å². The van der Waals surface area contributed by atoms with Gasteiger partial charge in [0.25, 0.3) is 11.8 Å². The predicted molar refractivity (Wildman–Crippen MR) is 63.7 cm³/mol. The largest absolute Gasteiger partial charge is 0.508 e. The Bertz CT molecular complexity index is 487. The van der Waals surface area contributed by atoms with E-state index in [2.05, 4.69) is 0 Å². The standard InChI is InChI=1S/C13H13NO3/c1-2-3-9-8-10(15)4-5-11(9)14-12(16)6-7-13(14)17/h4-8,15H,2-3H2,1H3. The average molecular weight is 231 g/mol. The normalized spacial score (nSPS) is 14.8. The molecule has 17 heavy (non-hydrogen) atoms. The van der Waals surface area contributed by atoms with Crippen LogP contribution in [0.4, 0.5) is 5.69 Å². The van der Waals surface area contributed by atoms with Crippen molar-refractivity contribution >= 4 is 17.5 Å². The number of hydrogen-bond donors (Lipinski definition) is 1. The molecule has 1 aromatic rings. The van der Waals surface area contributed by atoms with Crippen LogP contribution < -0.4 is 4.90 Å². The molecule has 0 saturated heterocycles. The summed E-state index contributed by atoms with van der Waals surface area (Å²) >= 11 is 0. The molecule has 1 aliphatic heterocycles. The Morgan fingerprint density at radius 3 is 2.41 bits per heavy atom. The molecular formula is C13H13NO3. The zero-order valence-corrected chi connectivity index (χ0v) is 9.51. The Morgan fingerprint density at radius 1 is 1.18 bits per heavy atom. The number of imide groups is 1. The summed E-state index contributed by atoms with van der Waals surface area (Å²) < 4.78 is 0. The Kier molecular flexibility index (Phi) is 2.95. The quantitative estimate of drug-likeness (QED) is 0.806. The molecule has 0 unspecified atom stereocenters. The molecule has 0 fully saturated rings. The summed E-state index contributed by atoms with van der Waals surface area (Å²) in [6, 6.07) is 4.67. The van der Waals surface area contributed by atoms with E-state index in [9.17, 15) is 14.7 Å². The second kappa shape index (κ2) is 4.41. The molecule has 0 saturated carbocycles. The van der Waals surface area contributed by atoms with Crippen LogP contribution in [0.3, 0.4) is 0 Å². The molecule has 4 heteroatoms. The lowest BCUT2D eigenvalue weighted by Crippen LogP contribution is -2.30. The number of anilines is 1. The first-order valence-corrected chi connectivity index (χ1v) is 5.51. The molecule has 2 rings (SSSR count). The highest BCUT2D eigenvalue weighted by molar-refractivity contribution is 6.28. The monoisotopic (exact) mass is 231 g/mol. The number of amides is 2. The van der Waals surface area contributed by atoms with Crippen LogP contribution in [0.25, 0.3) is 0 Å². The zero-order valence-electron chi connectivity index (χ0n) is 9.51. The summed E-state index contributed by atoms with van der Waals surface area (Å²) in [5.74, 6) is -0.527. The molecule has 1 aliphatic rings. The number of carbonyl (C=O) groups is 2. The van der Waals surface area contributed by atoms with Gasteiger partial charge in [-0.1, -0.05) is 13.3 Å². The number of nitrogens with zero attached hydrogens (tertiary/aromatic N) is 1. The highest BCUT2D eigenvalue weighted by Gasteiger charge is 2.26. The summed E-state index contributed by atoms with van der Waals surface area (Å²) in [5.41, 5.74) is 1.36. The summed E-state index contributed by atoms with van der Waals surface area (Å²) in [6.07, 6.45) is 4.09. The van der Waals surface area contributed by atoms with E-state index >= 15 is 0 Å². The summed E-state index contributed by atoms with van der Waals surface area (Å²) in [7, 11) is 0. The van der Waals surface area contributed by atoms with Gasteiger partial charge in [-0.15, -0.1) is 0 Å². The Balaban J connectivity index is 2.44. The Morgan fingerprint density at radius 2 is 1.82 bits per heavy atom. The van der Waals surface area contributed by atoms with E-state index in [-0.39, 0.29) is 17.6 Å². The fourth-order valence-corrected chi connectivity index (χ4v) is 1.90. The fourth-order valence-electron chi connectivity index (χ4n) is 1.90. The molecule has 1 N–H and O–H groups in total. The van der Waals surface area contributed by atoms with Crippen LogP contribution in [0.15, 0.2) is 30.4 Å². The molecule has 0 spiro atoms. The second-order valence-electron chi connectivity index (χ2n) is 3.91. The maximum atomic E-state index is 11.6. The van der Waals surface area contributed by atoms with Crippen LogP contribution in [0.2, 0.25) is 0 Å². The number of rotatable bonds is 3. The highest BCUT2D eigenvalue weighted by Crippen LogP contribution is 2.28. The van der Waals surface area contributed by atoms with Crippen molar-refractivity contribution in [1.29, 1.82) is 0 Å². The lowest BCUT2D eigenvalue weighted by atomic mass is 10.1. The van der Waals surface area contributed by atoms with Gasteiger partial charge in [-0.3, -0.25) is 9.59 Å². The number of phenols is 1. The van der Waals surface area contributed by atoms with Gasteiger partial charge in [-0.05, 0) is 30.2 Å². The number of phenolic OH excluding ortho intramolecular Hbond substituents is 1. The molecule has 0 atom stereocenters. The van der Waals surface area contributed by atoms with Gasteiger partial charge in [0.05, 0.1) is 5.69 Å². The maximum Gasteiger partial charge on any atom is 0.258 e. The van der Waals surface area contributed by atoms with Crippen molar-refractivity contribution in [1.82, 2.24) is 0 Å². The van der Waals surface area contributed by atoms with E-state index in [0.29, 0.717) is 12.1 Å². The van der Waals surface area contributed by atoms with Crippen molar-refractivity contribution in [2.45, 2.75) is 19.8 Å². The maximum absolute atomic E-state index is 11.6. The molecule has 0 aromatic heterocycles. The van der Waals surface area contributed by atoms with E-state index in [4.69, 9.17) is 0 Å². The molecule has 2 amide bonds. The first-order valence-electron chi connectivity index (χ1n) is 5.51. The van der Waals surface area contributed by atoms with Gasteiger partial charge in [0.1, 0.15) is 5.75 Å². The van der Waals surface area contributed by atoms with Gasteiger partial charge in [-0.2, -0.15) is 0 Å². The van der Waals surface area contributed by atoms with Gasteiger partial charge in [0, 0.05) is 12.2 Å². The van der Waals surface area contributed by atoms with E-state index in [1.807, 2.05) is 6.92 Å². The third kappa shape index (κ3) is 2.06. The minimum Gasteiger partial charge on any atom is -0.508 e. The smallest absolute Gasteiger partial charge is 0.258 e. The van der Waals surface area contributed by atoms with Crippen LogP contribution in [-0.4, -0.2) is 16.9 Å². The number of aryl methyl sites for hydroxylation is 1. The fraction of sp³-hybridized carbons (Fsp3) is 0.231. The van der Waals surface area contributed by atoms with Gasteiger partial charge >= 0.3 is 0 Å². The molecule has 0 aliphatic carbocycles.